The fourth-order valence-electron chi connectivity index (χ4n) is 4.14. The van der Waals surface area contributed by atoms with Crippen molar-refractivity contribution in [3.8, 4) is 0 Å². The minimum Gasteiger partial charge on any atom is -0.383 e. The molecule has 0 aliphatic carbocycles. The van der Waals surface area contributed by atoms with Crippen molar-refractivity contribution < 1.29 is 18.3 Å². The summed E-state index contributed by atoms with van der Waals surface area (Å²) in [5.41, 5.74) is 1.02. The minimum absolute atomic E-state index is 0.0602. The highest BCUT2D eigenvalue weighted by Gasteiger charge is 2.39. The zero-order chi connectivity index (χ0) is 20.1. The lowest BCUT2D eigenvalue weighted by Gasteiger charge is -2.39. The molecule has 1 N–H and O–H groups in total. The van der Waals surface area contributed by atoms with E-state index in [4.69, 9.17) is 11.6 Å². The topological polar surface area (TPSA) is 92.5 Å². The zero-order valence-electron chi connectivity index (χ0n) is 15.6. The number of sulfone groups is 1. The minimum atomic E-state index is -3.23. The van der Waals surface area contributed by atoms with E-state index in [2.05, 4.69) is 5.10 Å². The Balaban J connectivity index is 1.64. The summed E-state index contributed by atoms with van der Waals surface area (Å²) in [6, 6.07) is 6.99. The Morgan fingerprint density at radius 2 is 2.00 bits per heavy atom. The number of halogens is 1. The molecule has 2 aliphatic rings. The third-order valence-electron chi connectivity index (χ3n) is 5.58. The lowest BCUT2D eigenvalue weighted by atomic mass is 9.85. The summed E-state index contributed by atoms with van der Waals surface area (Å²) in [6.45, 7) is 0.640. The van der Waals surface area contributed by atoms with Crippen LogP contribution < -0.4 is 0 Å². The molecular weight excluding hydrogens is 402 g/mol. The van der Waals surface area contributed by atoms with E-state index in [1.807, 2.05) is 0 Å². The van der Waals surface area contributed by atoms with Crippen molar-refractivity contribution >= 4 is 27.3 Å². The molecule has 3 heterocycles. The van der Waals surface area contributed by atoms with Gasteiger partial charge in [0, 0.05) is 30.6 Å². The number of hydrogen-bond acceptors (Lipinski definition) is 5. The lowest BCUT2D eigenvalue weighted by Crippen LogP contribution is -2.49. The summed E-state index contributed by atoms with van der Waals surface area (Å²) < 4.78 is 25.6. The SMILES string of the molecule is Cn1nc2c(c1C(=O)N1CCCC(O)(c3ccc(Cl)cc3)C1)CS(=O)(=O)CC2. The molecule has 150 valence electrons. The van der Waals surface area contributed by atoms with Crippen LogP contribution in [0.3, 0.4) is 0 Å². The summed E-state index contributed by atoms with van der Waals surface area (Å²) in [7, 11) is -1.57. The number of likely N-dealkylation sites (tertiary alicyclic amines) is 1. The van der Waals surface area contributed by atoms with Gasteiger partial charge < -0.3 is 10.0 Å². The van der Waals surface area contributed by atoms with Crippen LogP contribution in [-0.2, 0) is 34.7 Å². The first-order valence-corrected chi connectivity index (χ1v) is 11.4. The smallest absolute Gasteiger partial charge is 0.272 e. The van der Waals surface area contributed by atoms with Crippen LogP contribution >= 0.6 is 11.6 Å². The normalized spacial score (nSPS) is 24.0. The predicted molar refractivity (Wildman–Crippen MR) is 105 cm³/mol. The molecule has 0 saturated carbocycles. The molecule has 1 amide bonds. The van der Waals surface area contributed by atoms with Crippen LogP contribution in [0.15, 0.2) is 24.3 Å². The standard InChI is InChI=1S/C19H22ClN3O4S/c1-22-17(15-11-28(26,27)10-7-16(15)21-22)18(24)23-9-2-8-19(25,12-23)13-3-5-14(20)6-4-13/h3-6,25H,2,7-12H2,1H3. The number of aromatic nitrogens is 2. The first-order chi connectivity index (χ1) is 13.2. The number of rotatable bonds is 2. The van der Waals surface area contributed by atoms with E-state index < -0.39 is 15.4 Å². The van der Waals surface area contributed by atoms with Crippen molar-refractivity contribution in [1.82, 2.24) is 14.7 Å². The van der Waals surface area contributed by atoms with Crippen LogP contribution in [0.5, 0.6) is 0 Å². The Morgan fingerprint density at radius 1 is 1.29 bits per heavy atom. The van der Waals surface area contributed by atoms with Crippen LogP contribution in [0, 0.1) is 0 Å². The van der Waals surface area contributed by atoms with Crippen molar-refractivity contribution in [2.45, 2.75) is 30.6 Å². The van der Waals surface area contributed by atoms with Crippen LogP contribution in [0.4, 0.5) is 0 Å². The molecule has 1 saturated heterocycles. The zero-order valence-corrected chi connectivity index (χ0v) is 17.1. The maximum Gasteiger partial charge on any atom is 0.272 e. The summed E-state index contributed by atoms with van der Waals surface area (Å²) in [4.78, 5) is 14.9. The third kappa shape index (κ3) is 3.44. The summed E-state index contributed by atoms with van der Waals surface area (Å²) in [5, 5.41) is 16.1. The molecule has 0 bridgehead atoms. The highest BCUT2D eigenvalue weighted by molar-refractivity contribution is 7.90. The van der Waals surface area contributed by atoms with Crippen LogP contribution in [0.25, 0.3) is 0 Å². The number of carbonyl (C=O) groups is 1. The number of aliphatic hydroxyl groups is 1. The van der Waals surface area contributed by atoms with Crippen LogP contribution in [-0.4, -0.2) is 53.0 Å². The fraction of sp³-hybridized carbons (Fsp3) is 0.474. The van der Waals surface area contributed by atoms with Gasteiger partial charge in [0.2, 0.25) is 0 Å². The van der Waals surface area contributed by atoms with Crippen LogP contribution in [0.1, 0.15) is 40.2 Å². The lowest BCUT2D eigenvalue weighted by molar-refractivity contribution is -0.0292. The van der Waals surface area contributed by atoms with Gasteiger partial charge in [-0.1, -0.05) is 23.7 Å². The highest BCUT2D eigenvalue weighted by atomic mass is 35.5. The molecule has 4 rings (SSSR count). The molecule has 1 aromatic carbocycles. The number of hydrogen-bond donors (Lipinski definition) is 1. The van der Waals surface area contributed by atoms with Gasteiger partial charge in [0.05, 0.1) is 23.7 Å². The number of β-amino-alcohol motifs (C(OH)–C–C–N with tert-alkyl or cyclic N) is 1. The number of benzene rings is 1. The second-order valence-electron chi connectivity index (χ2n) is 7.61. The van der Waals surface area contributed by atoms with Gasteiger partial charge in [0.1, 0.15) is 11.3 Å². The van der Waals surface area contributed by atoms with E-state index in [0.29, 0.717) is 53.3 Å². The molecule has 28 heavy (non-hydrogen) atoms. The molecule has 7 nitrogen and oxygen atoms in total. The Morgan fingerprint density at radius 3 is 2.71 bits per heavy atom. The second-order valence-corrected chi connectivity index (χ2v) is 10.2. The molecule has 2 aliphatic heterocycles. The molecule has 1 unspecified atom stereocenters. The summed E-state index contributed by atoms with van der Waals surface area (Å²) >= 11 is 5.95. The van der Waals surface area contributed by atoms with Crippen molar-refractivity contribution in [2.75, 3.05) is 18.8 Å². The largest absolute Gasteiger partial charge is 0.383 e. The van der Waals surface area contributed by atoms with Crippen molar-refractivity contribution in [1.29, 1.82) is 0 Å². The van der Waals surface area contributed by atoms with Crippen LogP contribution in [0.2, 0.25) is 5.02 Å². The molecule has 1 aromatic heterocycles. The Labute approximate surface area is 168 Å². The Kier molecular flexibility index (Phi) is 4.76. The fourth-order valence-corrected chi connectivity index (χ4v) is 5.66. The first kappa shape index (κ1) is 19.4. The molecule has 2 aromatic rings. The van der Waals surface area contributed by atoms with Gasteiger partial charge >= 0.3 is 0 Å². The Hall–Kier alpha value is -1.90. The number of nitrogens with zero attached hydrogens (tertiary/aromatic N) is 3. The molecule has 0 radical (unpaired) electrons. The van der Waals surface area contributed by atoms with Crippen molar-refractivity contribution in [2.24, 2.45) is 7.05 Å². The molecular formula is C19H22ClN3O4S. The van der Waals surface area contributed by atoms with Gasteiger partial charge in [0.25, 0.3) is 5.91 Å². The molecule has 9 heteroatoms. The number of fused-ring (bicyclic) bond motifs is 1. The highest BCUT2D eigenvalue weighted by Crippen LogP contribution is 2.33. The maximum absolute atomic E-state index is 13.3. The number of carbonyl (C=O) groups excluding carboxylic acids is 1. The van der Waals surface area contributed by atoms with Gasteiger partial charge in [-0.15, -0.1) is 0 Å². The van der Waals surface area contributed by atoms with E-state index in [0.717, 1.165) is 0 Å². The van der Waals surface area contributed by atoms with E-state index >= 15 is 0 Å². The predicted octanol–water partition coefficient (Wildman–Crippen LogP) is 1.67. The first-order valence-electron chi connectivity index (χ1n) is 9.21. The summed E-state index contributed by atoms with van der Waals surface area (Å²) in [5.74, 6) is -0.391. The number of amides is 1. The van der Waals surface area contributed by atoms with Gasteiger partial charge in [-0.3, -0.25) is 9.48 Å². The monoisotopic (exact) mass is 423 g/mol. The van der Waals surface area contributed by atoms with E-state index in [9.17, 15) is 18.3 Å². The van der Waals surface area contributed by atoms with E-state index in [1.54, 1.807) is 36.2 Å². The molecule has 1 atom stereocenters. The Bertz CT molecular complexity index is 1030. The molecule has 1 fully saturated rings. The van der Waals surface area contributed by atoms with Gasteiger partial charge in [-0.2, -0.15) is 5.10 Å². The van der Waals surface area contributed by atoms with Gasteiger partial charge in [0.15, 0.2) is 9.84 Å². The average molecular weight is 424 g/mol. The van der Waals surface area contributed by atoms with E-state index in [-0.39, 0.29) is 24.0 Å². The summed E-state index contributed by atoms with van der Waals surface area (Å²) in [6.07, 6.45) is 1.51. The number of piperidine rings is 1. The van der Waals surface area contributed by atoms with Crippen molar-refractivity contribution in [3.63, 3.8) is 0 Å². The third-order valence-corrected chi connectivity index (χ3v) is 7.39. The van der Waals surface area contributed by atoms with Crippen molar-refractivity contribution in [3.05, 3.63) is 51.8 Å². The van der Waals surface area contributed by atoms with Gasteiger partial charge in [-0.25, -0.2) is 8.42 Å². The average Bonchev–Trinajstić information content (AvgIpc) is 2.95. The van der Waals surface area contributed by atoms with Gasteiger partial charge in [-0.05, 0) is 30.5 Å². The quantitative estimate of drug-likeness (QED) is 0.793. The number of aryl methyl sites for hydroxylation is 2. The molecule has 0 spiro atoms. The van der Waals surface area contributed by atoms with E-state index in [1.165, 1.54) is 4.68 Å². The second kappa shape index (κ2) is 6.86. The maximum atomic E-state index is 13.3.